The Kier molecular flexibility index (Phi) is 9.10. The second kappa shape index (κ2) is 12.7. The molecule has 1 aliphatic rings. The molecule has 3 aromatic rings. The van der Waals surface area contributed by atoms with Crippen LogP contribution in [0.25, 0.3) is 0 Å². The number of primary amides is 1. The molecule has 1 fully saturated rings. The van der Waals surface area contributed by atoms with E-state index in [1.165, 1.54) is 29.2 Å². The zero-order valence-corrected chi connectivity index (χ0v) is 22.2. The molecule has 1 saturated heterocycles. The SMILES string of the molecule is CCOc1ccc([C@@H](C(=O)NC[C@H]2CCCO2)N(Cc2ccc(F)cc2)C(=O)c2snc(C(N)=O)c2N)cc1. The number of hydrogen-bond donors (Lipinski definition) is 3. The number of halogens is 1. The van der Waals surface area contributed by atoms with E-state index in [-0.39, 0.29) is 35.5 Å². The third-order valence-electron chi connectivity index (χ3n) is 6.28. The topological polar surface area (TPSA) is 150 Å². The molecular weight excluding hydrogens is 525 g/mol. The average molecular weight is 556 g/mol. The molecule has 1 aliphatic heterocycles. The largest absolute Gasteiger partial charge is 0.494 e. The molecule has 0 unspecified atom stereocenters. The van der Waals surface area contributed by atoms with Crippen molar-refractivity contribution in [3.05, 3.63) is 76.0 Å². The Labute approximate surface area is 229 Å². The molecule has 206 valence electrons. The van der Waals surface area contributed by atoms with Gasteiger partial charge in [-0.15, -0.1) is 0 Å². The second-order valence-corrected chi connectivity index (χ2v) is 9.76. The van der Waals surface area contributed by atoms with Gasteiger partial charge < -0.3 is 31.2 Å². The van der Waals surface area contributed by atoms with Crippen LogP contribution in [0.5, 0.6) is 5.75 Å². The standard InChI is InChI=1S/C27H30FN5O5S/c1-2-37-19-11-7-17(8-12-19)23(26(35)31-14-20-4-3-13-38-20)33(15-16-5-9-18(28)10-6-16)27(36)24-21(29)22(25(30)34)32-39-24/h5-12,20,23H,2-4,13-15,29H2,1H3,(H2,30,34)(H,31,35)/t20-,23+/m1/s1. The van der Waals surface area contributed by atoms with E-state index in [1.807, 2.05) is 6.92 Å². The van der Waals surface area contributed by atoms with Crippen LogP contribution in [0.3, 0.4) is 0 Å². The van der Waals surface area contributed by atoms with Crippen molar-refractivity contribution in [3.8, 4) is 5.75 Å². The Morgan fingerprint density at radius 3 is 2.51 bits per heavy atom. The van der Waals surface area contributed by atoms with Gasteiger partial charge in [-0.05, 0) is 66.7 Å². The highest BCUT2D eigenvalue weighted by atomic mass is 32.1. The molecule has 12 heteroatoms. The predicted octanol–water partition coefficient (Wildman–Crippen LogP) is 3.04. The van der Waals surface area contributed by atoms with Crippen molar-refractivity contribution in [3.63, 3.8) is 0 Å². The van der Waals surface area contributed by atoms with Crippen molar-refractivity contribution in [2.24, 2.45) is 5.73 Å². The first-order valence-corrected chi connectivity index (χ1v) is 13.3. The van der Waals surface area contributed by atoms with Gasteiger partial charge in [0.15, 0.2) is 5.69 Å². The van der Waals surface area contributed by atoms with Crippen molar-refractivity contribution in [1.82, 2.24) is 14.6 Å². The number of anilines is 1. The lowest BCUT2D eigenvalue weighted by molar-refractivity contribution is -0.126. The van der Waals surface area contributed by atoms with E-state index in [0.717, 1.165) is 24.4 Å². The Balaban J connectivity index is 1.75. The minimum absolute atomic E-state index is 0.0335. The van der Waals surface area contributed by atoms with Crippen LogP contribution in [0, 0.1) is 5.82 Å². The van der Waals surface area contributed by atoms with Crippen molar-refractivity contribution in [2.45, 2.75) is 38.5 Å². The van der Waals surface area contributed by atoms with Gasteiger partial charge in [0.25, 0.3) is 11.8 Å². The zero-order valence-electron chi connectivity index (χ0n) is 21.4. The van der Waals surface area contributed by atoms with E-state index in [2.05, 4.69) is 9.69 Å². The summed E-state index contributed by atoms with van der Waals surface area (Å²) in [6.45, 7) is 3.17. The number of hydrogen-bond acceptors (Lipinski definition) is 8. The van der Waals surface area contributed by atoms with Gasteiger partial charge in [-0.2, -0.15) is 4.37 Å². The fourth-order valence-corrected chi connectivity index (χ4v) is 5.09. The van der Waals surface area contributed by atoms with Crippen LogP contribution in [0.15, 0.2) is 48.5 Å². The van der Waals surface area contributed by atoms with Gasteiger partial charge in [-0.3, -0.25) is 14.4 Å². The van der Waals surface area contributed by atoms with Crippen molar-refractivity contribution < 1.29 is 28.2 Å². The molecule has 10 nitrogen and oxygen atoms in total. The molecule has 0 saturated carbocycles. The number of nitrogens with zero attached hydrogens (tertiary/aromatic N) is 2. The second-order valence-electron chi connectivity index (χ2n) is 8.98. The lowest BCUT2D eigenvalue weighted by Crippen LogP contribution is -2.45. The summed E-state index contributed by atoms with van der Waals surface area (Å²) < 4.78 is 28.8. The number of aromatic nitrogens is 1. The number of amides is 3. The molecule has 1 aromatic heterocycles. The smallest absolute Gasteiger partial charge is 0.270 e. The number of ether oxygens (including phenoxy) is 2. The molecule has 2 atom stereocenters. The maximum atomic E-state index is 14.0. The molecule has 5 N–H and O–H groups in total. The molecule has 2 aromatic carbocycles. The number of benzene rings is 2. The summed E-state index contributed by atoms with van der Waals surface area (Å²) in [6.07, 6.45) is 1.61. The van der Waals surface area contributed by atoms with Gasteiger partial charge in [0.05, 0.1) is 18.4 Å². The summed E-state index contributed by atoms with van der Waals surface area (Å²) in [5, 5.41) is 2.92. The summed E-state index contributed by atoms with van der Waals surface area (Å²) >= 11 is 0.722. The molecule has 2 heterocycles. The lowest BCUT2D eigenvalue weighted by Gasteiger charge is -2.31. The van der Waals surface area contributed by atoms with E-state index in [4.69, 9.17) is 20.9 Å². The van der Waals surface area contributed by atoms with Crippen LogP contribution in [0.4, 0.5) is 10.1 Å². The Morgan fingerprint density at radius 2 is 1.92 bits per heavy atom. The van der Waals surface area contributed by atoms with E-state index in [1.54, 1.807) is 24.3 Å². The molecular formula is C27H30FN5O5S. The first-order valence-electron chi connectivity index (χ1n) is 12.5. The first kappa shape index (κ1) is 28.0. The van der Waals surface area contributed by atoms with Crippen LogP contribution in [0.2, 0.25) is 0 Å². The van der Waals surface area contributed by atoms with Crippen LogP contribution in [-0.2, 0) is 16.1 Å². The summed E-state index contributed by atoms with van der Waals surface area (Å²) in [4.78, 5) is 40.8. The molecule has 0 spiro atoms. The van der Waals surface area contributed by atoms with Gasteiger partial charge in [0.2, 0.25) is 5.91 Å². The van der Waals surface area contributed by atoms with Crippen LogP contribution in [-0.4, -0.2) is 52.9 Å². The Hall–Kier alpha value is -4.03. The molecule has 0 aliphatic carbocycles. The summed E-state index contributed by atoms with van der Waals surface area (Å²) in [5.74, 6) is -1.78. The van der Waals surface area contributed by atoms with Gasteiger partial charge in [-0.25, -0.2) is 4.39 Å². The van der Waals surface area contributed by atoms with E-state index in [0.29, 0.717) is 30.1 Å². The molecule has 3 amide bonds. The number of carbonyl (C=O) groups is 3. The molecule has 4 rings (SSSR count). The Morgan fingerprint density at radius 1 is 1.21 bits per heavy atom. The quantitative estimate of drug-likeness (QED) is 0.329. The minimum Gasteiger partial charge on any atom is -0.494 e. The lowest BCUT2D eigenvalue weighted by atomic mass is 10.0. The molecule has 0 bridgehead atoms. The van der Waals surface area contributed by atoms with Gasteiger partial charge in [0.1, 0.15) is 22.5 Å². The molecule has 39 heavy (non-hydrogen) atoms. The third-order valence-corrected chi connectivity index (χ3v) is 7.13. The fraction of sp³-hybridized carbons (Fsp3) is 0.333. The first-order chi connectivity index (χ1) is 18.8. The van der Waals surface area contributed by atoms with Gasteiger partial charge >= 0.3 is 0 Å². The predicted molar refractivity (Wildman–Crippen MR) is 144 cm³/mol. The normalized spacial score (nSPS) is 15.5. The summed E-state index contributed by atoms with van der Waals surface area (Å²) in [6, 6.07) is 11.3. The van der Waals surface area contributed by atoms with E-state index in [9.17, 15) is 18.8 Å². The number of rotatable bonds is 11. The molecule has 0 radical (unpaired) electrons. The number of nitrogen functional groups attached to an aromatic ring is 1. The van der Waals surface area contributed by atoms with Crippen LogP contribution < -0.4 is 21.5 Å². The van der Waals surface area contributed by atoms with E-state index >= 15 is 0 Å². The number of carbonyl (C=O) groups excluding carboxylic acids is 3. The highest BCUT2D eigenvalue weighted by molar-refractivity contribution is 7.09. The fourth-order valence-electron chi connectivity index (χ4n) is 4.33. The highest BCUT2D eigenvalue weighted by Crippen LogP contribution is 2.31. The van der Waals surface area contributed by atoms with Crippen molar-refractivity contribution in [1.29, 1.82) is 0 Å². The van der Waals surface area contributed by atoms with Gasteiger partial charge in [-0.1, -0.05) is 24.3 Å². The summed E-state index contributed by atoms with van der Waals surface area (Å²) in [7, 11) is 0. The van der Waals surface area contributed by atoms with Gasteiger partial charge in [0, 0.05) is 19.7 Å². The number of nitrogens with two attached hydrogens (primary N) is 2. The summed E-state index contributed by atoms with van der Waals surface area (Å²) in [5.41, 5.74) is 12.1. The number of nitrogens with one attached hydrogen (secondary N) is 1. The monoisotopic (exact) mass is 555 g/mol. The minimum atomic E-state index is -1.11. The third kappa shape index (κ3) is 6.70. The Bertz CT molecular complexity index is 1310. The van der Waals surface area contributed by atoms with Crippen LogP contribution in [0.1, 0.15) is 57.1 Å². The maximum absolute atomic E-state index is 14.0. The zero-order chi connectivity index (χ0) is 27.9. The average Bonchev–Trinajstić information content (AvgIpc) is 3.59. The highest BCUT2D eigenvalue weighted by Gasteiger charge is 2.35. The van der Waals surface area contributed by atoms with Crippen molar-refractivity contribution >= 4 is 34.9 Å². The van der Waals surface area contributed by atoms with Crippen molar-refractivity contribution in [2.75, 3.05) is 25.5 Å². The van der Waals surface area contributed by atoms with Crippen LogP contribution >= 0.6 is 11.5 Å². The van der Waals surface area contributed by atoms with E-state index < -0.39 is 29.6 Å². The maximum Gasteiger partial charge on any atom is 0.270 e.